The van der Waals surface area contributed by atoms with E-state index in [0.717, 1.165) is 0 Å². The van der Waals surface area contributed by atoms with Crippen LogP contribution >= 0.6 is 0 Å². The monoisotopic (exact) mass is 228 g/mol. The Bertz CT molecular complexity index is 327. The van der Waals surface area contributed by atoms with E-state index in [0.29, 0.717) is 6.42 Å². The lowest BCUT2D eigenvalue weighted by molar-refractivity contribution is -0.140. The van der Waals surface area contributed by atoms with Crippen molar-refractivity contribution in [2.24, 2.45) is 23.5 Å². The van der Waals surface area contributed by atoms with Crippen LogP contribution in [0.4, 0.5) is 0 Å². The molecule has 6 heteroatoms. The number of hydrogen-bond acceptors (Lipinski definition) is 3. The Labute approximate surface area is 93.2 Å². The molecule has 90 valence electrons. The van der Waals surface area contributed by atoms with Gasteiger partial charge in [-0.2, -0.15) is 0 Å². The highest BCUT2D eigenvalue weighted by atomic mass is 16.4. The molecular formula is C10H16N2O4. The van der Waals surface area contributed by atoms with Gasteiger partial charge in [0, 0.05) is 0 Å². The van der Waals surface area contributed by atoms with Crippen molar-refractivity contribution in [3.63, 3.8) is 0 Å². The number of nitrogens with two attached hydrogens (primary N) is 1. The van der Waals surface area contributed by atoms with E-state index in [1.807, 2.05) is 0 Å². The first-order valence-electron chi connectivity index (χ1n) is 5.17. The van der Waals surface area contributed by atoms with Gasteiger partial charge in [0.25, 0.3) is 0 Å². The van der Waals surface area contributed by atoms with Crippen LogP contribution in [0.2, 0.25) is 0 Å². The van der Waals surface area contributed by atoms with Gasteiger partial charge in [0.2, 0.25) is 11.8 Å². The van der Waals surface area contributed by atoms with E-state index in [1.165, 1.54) is 0 Å². The lowest BCUT2D eigenvalue weighted by Gasteiger charge is -2.18. The highest BCUT2D eigenvalue weighted by molar-refractivity contribution is 5.92. The average molecular weight is 228 g/mol. The predicted octanol–water partition coefficient (Wildman–Crippen LogP) is -0.667. The topological polar surface area (TPSA) is 109 Å². The number of hydrogen-bond donors (Lipinski definition) is 3. The minimum atomic E-state index is -0.972. The van der Waals surface area contributed by atoms with Crippen LogP contribution in [0.1, 0.15) is 20.3 Å². The molecule has 3 atom stereocenters. The fraction of sp³-hybridized carbons (Fsp3) is 0.700. The van der Waals surface area contributed by atoms with Crippen molar-refractivity contribution in [1.29, 1.82) is 0 Å². The van der Waals surface area contributed by atoms with Crippen LogP contribution in [0.5, 0.6) is 0 Å². The van der Waals surface area contributed by atoms with E-state index in [9.17, 15) is 14.4 Å². The van der Waals surface area contributed by atoms with Crippen molar-refractivity contribution < 1.29 is 19.5 Å². The summed E-state index contributed by atoms with van der Waals surface area (Å²) in [6.07, 6.45) is 0.338. The number of nitrogens with one attached hydrogen (secondary N) is 1. The Morgan fingerprint density at radius 1 is 1.31 bits per heavy atom. The molecular weight excluding hydrogens is 212 g/mol. The third-order valence-corrected chi connectivity index (χ3v) is 2.72. The van der Waals surface area contributed by atoms with Crippen LogP contribution < -0.4 is 11.1 Å². The molecule has 0 aromatic heterocycles. The maximum Gasteiger partial charge on any atom is 0.307 e. The fourth-order valence-corrected chi connectivity index (χ4v) is 1.58. The van der Waals surface area contributed by atoms with Crippen LogP contribution in [0.15, 0.2) is 0 Å². The number of carboxylic acids is 1. The average Bonchev–Trinajstić information content (AvgIpc) is 2.91. The second-order valence-electron chi connectivity index (χ2n) is 4.42. The molecule has 0 heterocycles. The van der Waals surface area contributed by atoms with Crippen LogP contribution in [0.3, 0.4) is 0 Å². The third-order valence-electron chi connectivity index (χ3n) is 2.72. The number of amides is 2. The maximum absolute atomic E-state index is 11.6. The van der Waals surface area contributed by atoms with Gasteiger partial charge in [-0.15, -0.1) is 0 Å². The molecule has 0 aromatic rings. The van der Waals surface area contributed by atoms with Crippen LogP contribution in [-0.4, -0.2) is 28.9 Å². The zero-order valence-corrected chi connectivity index (χ0v) is 9.27. The summed E-state index contributed by atoms with van der Waals surface area (Å²) in [6.45, 7) is 3.52. The van der Waals surface area contributed by atoms with Crippen molar-refractivity contribution in [2.75, 3.05) is 0 Å². The summed E-state index contributed by atoms with van der Waals surface area (Å²) >= 11 is 0. The molecule has 0 aromatic carbocycles. The SMILES string of the molecule is CC(C)C(NC(=O)[C@@H]1C[C@@H]1C(=O)O)C(N)=O. The van der Waals surface area contributed by atoms with Crippen molar-refractivity contribution in [3.05, 3.63) is 0 Å². The number of carbonyl (C=O) groups excluding carboxylic acids is 2. The Kier molecular flexibility index (Phi) is 3.51. The number of aliphatic carboxylic acids is 1. The van der Waals surface area contributed by atoms with Crippen molar-refractivity contribution >= 4 is 17.8 Å². The molecule has 0 radical (unpaired) electrons. The molecule has 1 rings (SSSR count). The van der Waals surface area contributed by atoms with Gasteiger partial charge in [-0.1, -0.05) is 13.8 Å². The smallest absolute Gasteiger partial charge is 0.307 e. The zero-order chi connectivity index (χ0) is 12.5. The Balaban J connectivity index is 2.51. The molecule has 1 aliphatic carbocycles. The molecule has 4 N–H and O–H groups in total. The molecule has 0 saturated heterocycles. The van der Waals surface area contributed by atoms with E-state index < -0.39 is 35.7 Å². The largest absolute Gasteiger partial charge is 0.481 e. The quantitative estimate of drug-likeness (QED) is 0.579. The predicted molar refractivity (Wildman–Crippen MR) is 55.2 cm³/mol. The summed E-state index contributed by atoms with van der Waals surface area (Å²) in [5.41, 5.74) is 5.13. The van der Waals surface area contributed by atoms with Crippen LogP contribution in [0, 0.1) is 17.8 Å². The molecule has 1 saturated carbocycles. The van der Waals surface area contributed by atoms with Crippen LogP contribution in [0.25, 0.3) is 0 Å². The molecule has 6 nitrogen and oxygen atoms in total. The second kappa shape index (κ2) is 4.51. The van der Waals surface area contributed by atoms with E-state index >= 15 is 0 Å². The van der Waals surface area contributed by atoms with Crippen molar-refractivity contribution in [2.45, 2.75) is 26.3 Å². The molecule has 0 bridgehead atoms. The summed E-state index contributed by atoms with van der Waals surface area (Å²) in [4.78, 5) is 33.1. The second-order valence-corrected chi connectivity index (χ2v) is 4.42. The summed E-state index contributed by atoms with van der Waals surface area (Å²) in [7, 11) is 0. The lowest BCUT2D eigenvalue weighted by atomic mass is 10.0. The summed E-state index contributed by atoms with van der Waals surface area (Å²) < 4.78 is 0. The number of rotatable bonds is 5. The van der Waals surface area contributed by atoms with E-state index in [2.05, 4.69) is 5.32 Å². The van der Waals surface area contributed by atoms with Gasteiger partial charge in [-0.05, 0) is 12.3 Å². The first kappa shape index (κ1) is 12.5. The maximum atomic E-state index is 11.6. The number of carboxylic acid groups (broad SMARTS) is 1. The van der Waals surface area contributed by atoms with E-state index in [4.69, 9.17) is 10.8 Å². The molecule has 1 fully saturated rings. The van der Waals surface area contributed by atoms with Gasteiger partial charge in [0.05, 0.1) is 11.8 Å². The van der Waals surface area contributed by atoms with Crippen molar-refractivity contribution in [3.8, 4) is 0 Å². The zero-order valence-electron chi connectivity index (χ0n) is 9.27. The Morgan fingerprint density at radius 2 is 1.88 bits per heavy atom. The number of primary amides is 1. The van der Waals surface area contributed by atoms with Gasteiger partial charge in [0.1, 0.15) is 6.04 Å². The van der Waals surface area contributed by atoms with Crippen molar-refractivity contribution in [1.82, 2.24) is 5.32 Å². The minimum Gasteiger partial charge on any atom is -0.481 e. The minimum absolute atomic E-state index is 0.108. The lowest BCUT2D eigenvalue weighted by Crippen LogP contribution is -2.48. The first-order chi connectivity index (χ1) is 7.34. The first-order valence-corrected chi connectivity index (χ1v) is 5.17. The molecule has 16 heavy (non-hydrogen) atoms. The van der Waals surface area contributed by atoms with E-state index in [1.54, 1.807) is 13.8 Å². The molecule has 1 aliphatic rings. The van der Waals surface area contributed by atoms with Gasteiger partial charge in [0.15, 0.2) is 0 Å². The standard InChI is InChI=1S/C10H16N2O4/c1-4(2)7(8(11)13)12-9(14)5-3-6(5)10(15)16/h4-7H,3H2,1-2H3,(H2,11,13)(H,12,14)(H,15,16)/t5-,6+,7?/m1/s1. The summed E-state index contributed by atoms with van der Waals surface area (Å²) in [5, 5.41) is 11.1. The van der Waals surface area contributed by atoms with Gasteiger partial charge >= 0.3 is 5.97 Å². The summed E-state index contributed by atoms with van der Waals surface area (Å²) in [6, 6.07) is -0.734. The van der Waals surface area contributed by atoms with Gasteiger partial charge < -0.3 is 16.2 Å². The molecule has 2 amide bonds. The summed E-state index contributed by atoms with van der Waals surface area (Å²) in [5.74, 6) is -3.21. The third kappa shape index (κ3) is 2.71. The fourth-order valence-electron chi connectivity index (χ4n) is 1.58. The molecule has 0 aliphatic heterocycles. The normalized spacial score (nSPS) is 24.9. The van der Waals surface area contributed by atoms with Gasteiger partial charge in [-0.3, -0.25) is 14.4 Å². The van der Waals surface area contributed by atoms with E-state index in [-0.39, 0.29) is 5.92 Å². The Morgan fingerprint density at radius 3 is 2.19 bits per heavy atom. The van der Waals surface area contributed by atoms with Gasteiger partial charge in [-0.25, -0.2) is 0 Å². The molecule has 1 unspecified atom stereocenters. The number of carbonyl (C=O) groups is 3. The van der Waals surface area contributed by atoms with Crippen LogP contribution in [-0.2, 0) is 14.4 Å². The highest BCUT2D eigenvalue weighted by Gasteiger charge is 2.48. The highest BCUT2D eigenvalue weighted by Crippen LogP contribution is 2.38. The molecule has 0 spiro atoms. The Hall–Kier alpha value is -1.59.